The van der Waals surface area contributed by atoms with E-state index >= 15 is 0 Å². The minimum atomic E-state index is -4.14. The molecule has 1 atom stereocenters. The number of phosphoric ester groups is 1. The van der Waals surface area contributed by atoms with Gasteiger partial charge in [0.25, 0.3) is 0 Å². The summed E-state index contributed by atoms with van der Waals surface area (Å²) in [4.78, 5) is 19.7. The number of carbonyl (C=O) groups is 1. The molecule has 6 nitrogen and oxygen atoms in total. The van der Waals surface area contributed by atoms with Crippen molar-refractivity contribution in [2.45, 2.75) is 13.8 Å². The zero-order valence-corrected chi connectivity index (χ0v) is 11.0. The fourth-order valence-corrected chi connectivity index (χ4v) is 1.79. The molecule has 0 fully saturated rings. The first-order valence-corrected chi connectivity index (χ1v) is 6.74. The molecule has 0 radical (unpaired) electrons. The molecule has 0 rings (SSSR count). The average Bonchev–Trinajstić information content (AvgIpc) is 2.12. The summed E-state index contributed by atoms with van der Waals surface area (Å²) in [6.07, 6.45) is 0. The Hall–Kier alpha value is 0.0600. The van der Waals surface area contributed by atoms with Crippen LogP contribution in [0.25, 0.3) is 0 Å². The molecule has 0 aromatic heterocycles. The molecule has 0 aromatic carbocycles. The summed E-state index contributed by atoms with van der Waals surface area (Å²) in [6, 6.07) is 0. The van der Waals surface area contributed by atoms with Gasteiger partial charge in [0.05, 0.1) is 18.6 Å². The highest BCUT2D eigenvalue weighted by atomic mass is 79.9. The number of alkyl halides is 1. The van der Waals surface area contributed by atoms with Crippen LogP contribution < -0.4 is 0 Å². The molecule has 0 aliphatic carbocycles. The van der Waals surface area contributed by atoms with Gasteiger partial charge in [-0.3, -0.25) is 13.8 Å². The third-order valence-electron chi connectivity index (χ3n) is 1.50. The van der Waals surface area contributed by atoms with Crippen LogP contribution in [-0.4, -0.2) is 34.5 Å². The number of halogens is 1. The van der Waals surface area contributed by atoms with Crippen LogP contribution in [-0.2, 0) is 18.4 Å². The van der Waals surface area contributed by atoms with Crippen LogP contribution in [0.2, 0.25) is 0 Å². The topological polar surface area (TPSA) is 93.1 Å². The van der Waals surface area contributed by atoms with Crippen molar-refractivity contribution in [2.75, 3.05) is 18.5 Å². The van der Waals surface area contributed by atoms with Crippen molar-refractivity contribution in [3.63, 3.8) is 0 Å². The van der Waals surface area contributed by atoms with Gasteiger partial charge < -0.3 is 10.00 Å². The van der Waals surface area contributed by atoms with E-state index in [0.29, 0.717) is 5.33 Å². The second kappa shape index (κ2) is 5.96. The largest absolute Gasteiger partial charge is 0.481 e. The molecule has 15 heavy (non-hydrogen) atoms. The van der Waals surface area contributed by atoms with Gasteiger partial charge >= 0.3 is 13.8 Å². The molecule has 0 aliphatic heterocycles. The van der Waals surface area contributed by atoms with Crippen molar-refractivity contribution in [2.24, 2.45) is 5.41 Å². The maximum absolute atomic E-state index is 11.1. The molecule has 90 valence electrons. The Morgan fingerprint density at radius 1 is 1.47 bits per heavy atom. The highest BCUT2D eigenvalue weighted by Gasteiger charge is 2.32. The predicted molar refractivity (Wildman–Crippen MR) is 56.9 cm³/mol. The zero-order chi connectivity index (χ0) is 12.1. The molecule has 8 heteroatoms. The van der Waals surface area contributed by atoms with Crippen LogP contribution in [0.5, 0.6) is 0 Å². The molecule has 0 amide bonds. The van der Waals surface area contributed by atoms with E-state index < -0.39 is 25.8 Å². The number of rotatable bonds is 7. The summed E-state index contributed by atoms with van der Waals surface area (Å²) in [7, 11) is -4.14. The van der Waals surface area contributed by atoms with Crippen LogP contribution in [0.3, 0.4) is 0 Å². The van der Waals surface area contributed by atoms with Gasteiger partial charge in [-0.25, -0.2) is 4.57 Å². The second-order valence-electron chi connectivity index (χ2n) is 3.45. The summed E-state index contributed by atoms with van der Waals surface area (Å²) in [5, 5.41) is 9.11. The lowest BCUT2D eigenvalue weighted by Gasteiger charge is -2.20. The molecule has 0 aliphatic rings. The van der Waals surface area contributed by atoms with Crippen LogP contribution >= 0.6 is 23.8 Å². The first-order chi connectivity index (χ1) is 6.71. The number of aliphatic carboxylic acids is 1. The summed E-state index contributed by atoms with van der Waals surface area (Å²) in [6.45, 7) is 2.40. The SMILES string of the molecule is CC(C)(COP(=O)(O)OCCBr)C(=O)O. The Balaban J connectivity index is 4.14. The first kappa shape index (κ1) is 15.1. The first-order valence-electron chi connectivity index (χ1n) is 4.12. The highest BCUT2D eigenvalue weighted by molar-refractivity contribution is 9.09. The molecule has 0 spiro atoms. The molecule has 0 bridgehead atoms. The molecule has 0 aromatic rings. The van der Waals surface area contributed by atoms with Crippen molar-refractivity contribution in [3.05, 3.63) is 0 Å². The number of carboxylic acid groups (broad SMARTS) is 1. The van der Waals surface area contributed by atoms with Crippen molar-refractivity contribution in [1.82, 2.24) is 0 Å². The normalized spacial score (nSPS) is 16.0. The van der Waals surface area contributed by atoms with Gasteiger partial charge in [0.15, 0.2) is 0 Å². The number of hydrogen-bond donors (Lipinski definition) is 2. The third kappa shape index (κ3) is 6.27. The zero-order valence-electron chi connectivity index (χ0n) is 8.47. The van der Waals surface area contributed by atoms with Crippen LogP contribution in [0.4, 0.5) is 0 Å². The predicted octanol–water partition coefficient (Wildman–Crippen LogP) is 1.63. The van der Waals surface area contributed by atoms with Crippen molar-refractivity contribution < 1.29 is 28.4 Å². The smallest absolute Gasteiger partial charge is 0.472 e. The van der Waals surface area contributed by atoms with E-state index in [2.05, 4.69) is 25.0 Å². The number of hydrogen-bond acceptors (Lipinski definition) is 4. The molecule has 1 unspecified atom stereocenters. The van der Waals surface area contributed by atoms with E-state index in [9.17, 15) is 9.36 Å². The van der Waals surface area contributed by atoms with Crippen LogP contribution in [0, 0.1) is 5.41 Å². The van der Waals surface area contributed by atoms with Crippen LogP contribution in [0.15, 0.2) is 0 Å². The van der Waals surface area contributed by atoms with Crippen molar-refractivity contribution in [1.29, 1.82) is 0 Å². The quantitative estimate of drug-likeness (QED) is 0.548. The van der Waals surface area contributed by atoms with Gasteiger partial charge in [0.2, 0.25) is 0 Å². The Kier molecular flexibility index (Phi) is 5.98. The summed E-state index contributed by atoms with van der Waals surface area (Å²) in [5.74, 6) is -1.11. The Morgan fingerprint density at radius 2 is 2.00 bits per heavy atom. The third-order valence-corrected chi connectivity index (χ3v) is 2.79. The lowest BCUT2D eigenvalue weighted by Crippen LogP contribution is -2.28. The Bertz CT molecular complexity index is 266. The highest BCUT2D eigenvalue weighted by Crippen LogP contribution is 2.44. The minimum Gasteiger partial charge on any atom is -0.481 e. The average molecular weight is 305 g/mol. The summed E-state index contributed by atoms with van der Waals surface area (Å²) >= 11 is 3.01. The lowest BCUT2D eigenvalue weighted by molar-refractivity contribution is -0.148. The number of phosphoric acid groups is 1. The van der Waals surface area contributed by atoms with E-state index in [-0.39, 0.29) is 6.61 Å². The molecule has 2 N–H and O–H groups in total. The second-order valence-corrected chi connectivity index (χ2v) is 5.70. The minimum absolute atomic E-state index is 0.0152. The monoisotopic (exact) mass is 304 g/mol. The fraction of sp³-hybridized carbons (Fsp3) is 0.857. The maximum Gasteiger partial charge on any atom is 0.472 e. The molecule has 0 saturated carbocycles. The van der Waals surface area contributed by atoms with Gasteiger partial charge in [0, 0.05) is 5.33 Å². The Morgan fingerprint density at radius 3 is 2.40 bits per heavy atom. The molecule has 0 saturated heterocycles. The lowest BCUT2D eigenvalue weighted by atomic mass is 9.96. The molecular formula is C7H14BrO6P. The van der Waals surface area contributed by atoms with Gasteiger partial charge in [-0.2, -0.15) is 0 Å². The van der Waals surface area contributed by atoms with Gasteiger partial charge in [-0.1, -0.05) is 15.9 Å². The van der Waals surface area contributed by atoms with E-state index in [1.54, 1.807) is 0 Å². The van der Waals surface area contributed by atoms with E-state index in [1.807, 2.05) is 0 Å². The summed E-state index contributed by atoms with van der Waals surface area (Å²) < 4.78 is 20.2. The van der Waals surface area contributed by atoms with Gasteiger partial charge in [-0.15, -0.1) is 0 Å². The molecule has 0 heterocycles. The van der Waals surface area contributed by atoms with Gasteiger partial charge in [0.1, 0.15) is 0 Å². The standard InChI is InChI=1S/C7H14BrO6P/c1-7(2,6(9)10)5-14-15(11,12)13-4-3-8/h3-5H2,1-2H3,(H,9,10)(H,11,12). The summed E-state index contributed by atoms with van der Waals surface area (Å²) in [5.41, 5.74) is -1.23. The van der Waals surface area contributed by atoms with E-state index in [0.717, 1.165) is 0 Å². The van der Waals surface area contributed by atoms with E-state index in [4.69, 9.17) is 10.00 Å². The number of carboxylic acids is 1. The van der Waals surface area contributed by atoms with E-state index in [1.165, 1.54) is 13.8 Å². The van der Waals surface area contributed by atoms with Crippen molar-refractivity contribution in [3.8, 4) is 0 Å². The van der Waals surface area contributed by atoms with Crippen LogP contribution in [0.1, 0.15) is 13.8 Å². The fourth-order valence-electron chi connectivity index (χ4n) is 0.492. The Labute approximate surface area is 96.3 Å². The van der Waals surface area contributed by atoms with Gasteiger partial charge in [-0.05, 0) is 13.8 Å². The van der Waals surface area contributed by atoms with Crippen molar-refractivity contribution >= 4 is 29.7 Å². The molecular weight excluding hydrogens is 291 g/mol. The maximum atomic E-state index is 11.1.